The maximum atomic E-state index is 12.8. The standard InChI is InChI=1S/C22H25N5O3S/c1-26(2)19-10-6-16(7-11-19)15-27-21(12-13-23-27)24-22(28)17-4-3-5-20(14-17)31(29,30)25-18-8-9-18/h3-7,10-14,18,25H,8-9,15H2,1-2H3,(H,24,28). The first-order valence-electron chi connectivity index (χ1n) is 10.0. The van der Waals surface area contributed by atoms with Gasteiger partial charge in [-0.3, -0.25) is 4.79 Å². The molecule has 0 spiro atoms. The Labute approximate surface area is 181 Å². The monoisotopic (exact) mass is 439 g/mol. The van der Waals surface area contributed by atoms with Crippen molar-refractivity contribution in [1.29, 1.82) is 0 Å². The normalized spacial score (nSPS) is 13.7. The summed E-state index contributed by atoms with van der Waals surface area (Å²) in [6.07, 6.45) is 3.31. The van der Waals surface area contributed by atoms with Gasteiger partial charge in [0, 0.05) is 37.5 Å². The summed E-state index contributed by atoms with van der Waals surface area (Å²) in [5.74, 6) is 0.138. The Morgan fingerprint density at radius 2 is 1.87 bits per heavy atom. The minimum atomic E-state index is -3.62. The summed E-state index contributed by atoms with van der Waals surface area (Å²) in [6.45, 7) is 0.496. The van der Waals surface area contributed by atoms with Crippen molar-refractivity contribution in [1.82, 2.24) is 14.5 Å². The third kappa shape index (κ3) is 5.12. The number of benzene rings is 2. The van der Waals surface area contributed by atoms with Crippen molar-refractivity contribution < 1.29 is 13.2 Å². The lowest BCUT2D eigenvalue weighted by Gasteiger charge is -2.13. The number of hydrogen-bond donors (Lipinski definition) is 2. The van der Waals surface area contributed by atoms with E-state index < -0.39 is 15.9 Å². The van der Waals surface area contributed by atoms with Crippen molar-refractivity contribution in [2.45, 2.75) is 30.3 Å². The highest BCUT2D eigenvalue weighted by Gasteiger charge is 2.28. The van der Waals surface area contributed by atoms with Crippen LogP contribution in [0.15, 0.2) is 65.7 Å². The molecule has 1 aliphatic carbocycles. The lowest BCUT2D eigenvalue weighted by molar-refractivity contribution is 0.102. The molecule has 0 saturated heterocycles. The van der Waals surface area contributed by atoms with Crippen LogP contribution in [0.25, 0.3) is 0 Å². The Kier molecular flexibility index (Phi) is 5.79. The molecule has 1 saturated carbocycles. The maximum Gasteiger partial charge on any atom is 0.256 e. The Bertz CT molecular complexity index is 1180. The number of anilines is 2. The van der Waals surface area contributed by atoms with E-state index in [1.165, 1.54) is 12.1 Å². The SMILES string of the molecule is CN(C)c1ccc(Cn2nccc2NC(=O)c2cccc(S(=O)(=O)NC3CC3)c2)cc1. The van der Waals surface area contributed by atoms with Crippen molar-refractivity contribution in [2.24, 2.45) is 0 Å². The number of carbonyl (C=O) groups is 1. The first-order valence-corrected chi connectivity index (χ1v) is 11.5. The number of rotatable bonds is 8. The Balaban J connectivity index is 1.47. The number of hydrogen-bond acceptors (Lipinski definition) is 5. The van der Waals surface area contributed by atoms with Gasteiger partial charge >= 0.3 is 0 Å². The molecule has 1 heterocycles. The third-order valence-electron chi connectivity index (χ3n) is 5.05. The van der Waals surface area contributed by atoms with Crippen molar-refractivity contribution >= 4 is 27.4 Å². The van der Waals surface area contributed by atoms with E-state index in [9.17, 15) is 13.2 Å². The second kappa shape index (κ2) is 8.52. The molecular weight excluding hydrogens is 414 g/mol. The predicted molar refractivity (Wildman–Crippen MR) is 120 cm³/mol. The Morgan fingerprint density at radius 3 is 2.55 bits per heavy atom. The van der Waals surface area contributed by atoms with Gasteiger partial charge in [0.05, 0.1) is 17.6 Å². The molecule has 2 N–H and O–H groups in total. The van der Waals surface area contributed by atoms with Crippen LogP contribution in [0.3, 0.4) is 0 Å². The first kappa shape index (κ1) is 21.1. The number of aromatic nitrogens is 2. The van der Waals surface area contributed by atoms with Gasteiger partial charge in [0.2, 0.25) is 10.0 Å². The number of sulfonamides is 1. The van der Waals surface area contributed by atoms with E-state index in [1.807, 2.05) is 43.3 Å². The van der Waals surface area contributed by atoms with E-state index in [-0.39, 0.29) is 16.5 Å². The van der Waals surface area contributed by atoms with Gasteiger partial charge in [-0.25, -0.2) is 17.8 Å². The molecule has 4 rings (SSSR count). The highest BCUT2D eigenvalue weighted by atomic mass is 32.2. The zero-order chi connectivity index (χ0) is 22.0. The van der Waals surface area contributed by atoms with Crippen LogP contribution in [-0.4, -0.2) is 44.2 Å². The van der Waals surface area contributed by atoms with Crippen molar-refractivity contribution in [3.05, 3.63) is 71.9 Å². The second-order valence-corrected chi connectivity index (χ2v) is 9.53. The van der Waals surface area contributed by atoms with E-state index >= 15 is 0 Å². The van der Waals surface area contributed by atoms with Crippen LogP contribution in [0.4, 0.5) is 11.5 Å². The predicted octanol–water partition coefficient (Wildman–Crippen LogP) is 2.69. The highest BCUT2D eigenvalue weighted by molar-refractivity contribution is 7.89. The summed E-state index contributed by atoms with van der Waals surface area (Å²) in [6, 6.07) is 15.8. The minimum Gasteiger partial charge on any atom is -0.378 e. The van der Waals surface area contributed by atoms with Gasteiger partial charge in [0.1, 0.15) is 5.82 Å². The molecule has 1 aliphatic rings. The first-order chi connectivity index (χ1) is 14.8. The fraction of sp³-hybridized carbons (Fsp3) is 0.273. The van der Waals surface area contributed by atoms with Crippen LogP contribution in [0.5, 0.6) is 0 Å². The number of carbonyl (C=O) groups excluding carboxylic acids is 1. The summed E-state index contributed by atoms with van der Waals surface area (Å²) in [7, 11) is 0.344. The topological polar surface area (TPSA) is 96.3 Å². The van der Waals surface area contributed by atoms with Crippen LogP contribution in [0, 0.1) is 0 Å². The van der Waals surface area contributed by atoms with Gasteiger partial charge in [-0.1, -0.05) is 18.2 Å². The summed E-state index contributed by atoms with van der Waals surface area (Å²) >= 11 is 0. The van der Waals surface area contributed by atoms with Crippen LogP contribution >= 0.6 is 0 Å². The smallest absolute Gasteiger partial charge is 0.256 e. The molecule has 0 bridgehead atoms. The zero-order valence-corrected chi connectivity index (χ0v) is 18.3. The molecule has 0 aliphatic heterocycles. The molecule has 9 heteroatoms. The maximum absolute atomic E-state index is 12.8. The number of amides is 1. The summed E-state index contributed by atoms with van der Waals surface area (Å²) < 4.78 is 29.2. The molecule has 1 fully saturated rings. The van der Waals surface area contributed by atoms with E-state index in [0.29, 0.717) is 12.4 Å². The second-order valence-electron chi connectivity index (χ2n) is 7.81. The molecule has 1 aromatic heterocycles. The van der Waals surface area contributed by atoms with Crippen LogP contribution in [0.1, 0.15) is 28.8 Å². The molecule has 0 radical (unpaired) electrons. The Morgan fingerprint density at radius 1 is 1.13 bits per heavy atom. The lowest BCUT2D eigenvalue weighted by atomic mass is 10.2. The number of nitrogens with one attached hydrogen (secondary N) is 2. The molecule has 31 heavy (non-hydrogen) atoms. The number of nitrogens with zero attached hydrogens (tertiary/aromatic N) is 3. The minimum absolute atomic E-state index is 0.00336. The van der Waals surface area contributed by atoms with E-state index in [1.54, 1.807) is 29.1 Å². The summed E-state index contributed by atoms with van der Waals surface area (Å²) in [5, 5.41) is 7.12. The van der Waals surface area contributed by atoms with Crippen LogP contribution in [0.2, 0.25) is 0 Å². The van der Waals surface area contributed by atoms with Gasteiger partial charge in [-0.2, -0.15) is 5.10 Å². The van der Waals surface area contributed by atoms with Crippen LogP contribution < -0.4 is 14.9 Å². The van der Waals surface area contributed by atoms with E-state index in [2.05, 4.69) is 15.1 Å². The van der Waals surface area contributed by atoms with E-state index in [0.717, 1.165) is 24.1 Å². The lowest BCUT2D eigenvalue weighted by Crippen LogP contribution is -2.26. The van der Waals surface area contributed by atoms with Gasteiger partial charge in [0.15, 0.2) is 0 Å². The molecule has 3 aromatic rings. The molecule has 1 amide bonds. The largest absolute Gasteiger partial charge is 0.378 e. The van der Waals surface area contributed by atoms with Gasteiger partial charge in [-0.05, 0) is 48.7 Å². The average Bonchev–Trinajstić information content (AvgIpc) is 3.45. The molecule has 0 unspecified atom stereocenters. The molecular formula is C22H25N5O3S. The molecule has 0 atom stereocenters. The highest BCUT2D eigenvalue weighted by Crippen LogP contribution is 2.23. The summed E-state index contributed by atoms with van der Waals surface area (Å²) in [5.41, 5.74) is 2.41. The fourth-order valence-corrected chi connectivity index (χ4v) is 4.47. The third-order valence-corrected chi connectivity index (χ3v) is 6.57. The van der Waals surface area contributed by atoms with E-state index in [4.69, 9.17) is 0 Å². The van der Waals surface area contributed by atoms with Crippen molar-refractivity contribution in [2.75, 3.05) is 24.3 Å². The van der Waals surface area contributed by atoms with Gasteiger partial charge < -0.3 is 10.2 Å². The molecule has 8 nitrogen and oxygen atoms in total. The zero-order valence-electron chi connectivity index (χ0n) is 17.4. The molecule has 162 valence electrons. The van der Waals surface area contributed by atoms with Gasteiger partial charge in [-0.15, -0.1) is 0 Å². The quantitative estimate of drug-likeness (QED) is 0.563. The summed E-state index contributed by atoms with van der Waals surface area (Å²) in [4.78, 5) is 14.9. The average molecular weight is 440 g/mol. The van der Waals surface area contributed by atoms with Gasteiger partial charge in [0.25, 0.3) is 5.91 Å². The van der Waals surface area contributed by atoms with Crippen molar-refractivity contribution in [3.63, 3.8) is 0 Å². The van der Waals surface area contributed by atoms with Crippen molar-refractivity contribution in [3.8, 4) is 0 Å². The Hall–Kier alpha value is -3.17. The molecule has 2 aromatic carbocycles. The van der Waals surface area contributed by atoms with Crippen LogP contribution in [-0.2, 0) is 16.6 Å². The fourth-order valence-electron chi connectivity index (χ4n) is 3.12.